The van der Waals surface area contributed by atoms with Crippen molar-refractivity contribution in [2.45, 2.75) is 0 Å². The first kappa shape index (κ1) is 11.8. The molecule has 9 heavy (non-hydrogen) atoms. The number of hydrogen-bond donors (Lipinski definition) is 0. The topological polar surface area (TPSA) is 0 Å². The van der Waals surface area contributed by atoms with Gasteiger partial charge in [0, 0.05) is 5.82 Å². The van der Waals surface area contributed by atoms with Gasteiger partial charge in [0.05, 0.1) is 0 Å². The van der Waals surface area contributed by atoms with Crippen molar-refractivity contribution in [3.05, 3.63) is 36.1 Å². The van der Waals surface area contributed by atoms with Gasteiger partial charge in [0.25, 0.3) is 0 Å². The molecule has 0 aliphatic rings. The zero-order chi connectivity index (χ0) is 5.11. The smallest absolute Gasteiger partial charge is 1.00 e. The Morgan fingerprint density at radius 2 is 1.67 bits per heavy atom. The van der Waals surface area contributed by atoms with Gasteiger partial charge in [0.1, 0.15) is 0 Å². The minimum atomic E-state index is -0.209. The van der Waals surface area contributed by atoms with Crippen LogP contribution in [-0.4, -0.2) is 0 Å². The zero-order valence-corrected chi connectivity index (χ0v) is 8.50. The number of rotatable bonds is 0. The predicted octanol–water partition coefficient (Wildman–Crippen LogP) is -1.37. The molecule has 0 saturated heterocycles. The molecule has 0 N–H and O–H groups in total. The quantitative estimate of drug-likeness (QED) is 0.354. The first-order valence-corrected chi connectivity index (χ1v) is 2.01. The van der Waals surface area contributed by atoms with Gasteiger partial charge in [-0.1, -0.05) is 0 Å². The zero-order valence-electron chi connectivity index (χ0n) is 4.77. The summed E-state index contributed by atoms with van der Waals surface area (Å²) in [7, 11) is 0. The van der Waals surface area contributed by atoms with Crippen LogP contribution < -0.4 is 12.4 Å². The van der Waals surface area contributed by atoms with E-state index in [2.05, 4.69) is 6.07 Å². The average molecular weight is 196 g/mol. The normalized spacial score (nSPS) is 6.78. The molecule has 1 rings (SSSR count). The van der Waals surface area contributed by atoms with Crippen LogP contribution in [0.15, 0.2) is 24.3 Å². The molecule has 0 aliphatic heterocycles. The number of hydrogen-bond acceptors (Lipinski definition) is 0. The Kier molecular flexibility index (Phi) is 8.12. The molecule has 0 aromatic heterocycles. The molecular formula is C6H4ClFZn. The second kappa shape index (κ2) is 6.19. The van der Waals surface area contributed by atoms with Crippen molar-refractivity contribution in [2.75, 3.05) is 0 Å². The van der Waals surface area contributed by atoms with E-state index in [9.17, 15) is 4.39 Å². The summed E-state index contributed by atoms with van der Waals surface area (Å²) in [6.07, 6.45) is 0. The Balaban J connectivity index is 0. The van der Waals surface area contributed by atoms with Gasteiger partial charge in [-0.25, -0.2) is 4.39 Å². The summed E-state index contributed by atoms with van der Waals surface area (Å²) in [5.41, 5.74) is 0. The Bertz CT molecular complexity index is 143. The molecule has 0 fully saturated rings. The fourth-order valence-electron chi connectivity index (χ4n) is 0.367. The van der Waals surface area contributed by atoms with Crippen molar-refractivity contribution in [3.8, 4) is 0 Å². The van der Waals surface area contributed by atoms with Crippen molar-refractivity contribution in [3.63, 3.8) is 0 Å². The van der Waals surface area contributed by atoms with Crippen LogP contribution in [0.5, 0.6) is 0 Å². The van der Waals surface area contributed by atoms with E-state index in [1.54, 1.807) is 0 Å². The molecule has 0 atom stereocenters. The van der Waals surface area contributed by atoms with E-state index in [1.807, 2.05) is 0 Å². The van der Waals surface area contributed by atoms with Gasteiger partial charge in [-0.2, -0.15) is 18.2 Å². The van der Waals surface area contributed by atoms with Crippen molar-refractivity contribution in [1.82, 2.24) is 0 Å². The van der Waals surface area contributed by atoms with E-state index in [-0.39, 0.29) is 37.7 Å². The second-order valence-corrected chi connectivity index (χ2v) is 1.22. The molecule has 1 aromatic rings. The molecule has 0 amide bonds. The maximum atomic E-state index is 11.9. The summed E-state index contributed by atoms with van der Waals surface area (Å²) in [6, 6.07) is 8.49. The summed E-state index contributed by atoms with van der Waals surface area (Å²) in [5.74, 6) is -0.209. The van der Waals surface area contributed by atoms with Gasteiger partial charge in [-0.05, 0) is 0 Å². The molecule has 0 saturated carbocycles. The molecule has 0 bridgehead atoms. The fraction of sp³-hybridized carbons (Fsp3) is 0. The van der Waals surface area contributed by atoms with Crippen LogP contribution in [0.2, 0.25) is 0 Å². The van der Waals surface area contributed by atoms with Crippen molar-refractivity contribution in [1.29, 1.82) is 0 Å². The molecule has 0 nitrogen and oxygen atoms in total. The van der Waals surface area contributed by atoms with Crippen LogP contribution in [-0.2, 0) is 19.5 Å². The summed E-state index contributed by atoms with van der Waals surface area (Å²) in [4.78, 5) is 0. The minimum Gasteiger partial charge on any atom is -1.00 e. The Morgan fingerprint density at radius 1 is 1.22 bits per heavy atom. The van der Waals surface area contributed by atoms with Gasteiger partial charge in [0.2, 0.25) is 0 Å². The van der Waals surface area contributed by atoms with Crippen LogP contribution in [0.25, 0.3) is 0 Å². The Hall–Kier alpha value is 0.0634. The third-order valence-corrected chi connectivity index (χ3v) is 0.678. The molecule has 0 aliphatic carbocycles. The fourth-order valence-corrected chi connectivity index (χ4v) is 0.367. The monoisotopic (exact) mass is 194 g/mol. The third-order valence-electron chi connectivity index (χ3n) is 0.678. The molecule has 3 heteroatoms. The van der Waals surface area contributed by atoms with Gasteiger partial charge in [-0.3, -0.25) is 0 Å². The van der Waals surface area contributed by atoms with E-state index in [0.29, 0.717) is 0 Å². The number of benzene rings is 1. The van der Waals surface area contributed by atoms with Crippen LogP contribution in [0.3, 0.4) is 0 Å². The van der Waals surface area contributed by atoms with Crippen LogP contribution in [0.4, 0.5) is 4.39 Å². The van der Waals surface area contributed by atoms with Gasteiger partial charge < -0.3 is 12.4 Å². The van der Waals surface area contributed by atoms with Crippen molar-refractivity contribution < 1.29 is 36.3 Å². The van der Waals surface area contributed by atoms with E-state index in [0.717, 1.165) is 0 Å². The SMILES string of the molecule is Fc1cc[c-]cc1.[Cl-].[Zn+2]. The summed E-state index contributed by atoms with van der Waals surface area (Å²) in [6.45, 7) is 0. The molecule has 1 aromatic carbocycles. The van der Waals surface area contributed by atoms with Crippen molar-refractivity contribution >= 4 is 0 Å². The van der Waals surface area contributed by atoms with Gasteiger partial charge in [-0.15, -0.1) is 12.1 Å². The third kappa shape index (κ3) is 4.56. The Morgan fingerprint density at radius 3 is 1.89 bits per heavy atom. The largest absolute Gasteiger partial charge is 2.00 e. The van der Waals surface area contributed by atoms with E-state index < -0.39 is 0 Å². The predicted molar refractivity (Wildman–Crippen MR) is 25.2 cm³/mol. The average Bonchev–Trinajstić information content (AvgIpc) is 1.69. The van der Waals surface area contributed by atoms with Crippen LogP contribution in [0.1, 0.15) is 0 Å². The van der Waals surface area contributed by atoms with E-state index in [1.165, 1.54) is 24.3 Å². The summed E-state index contributed by atoms with van der Waals surface area (Å²) < 4.78 is 11.9. The molecule has 0 radical (unpaired) electrons. The molecular weight excluding hydrogens is 192 g/mol. The minimum absolute atomic E-state index is 0. The summed E-state index contributed by atoms with van der Waals surface area (Å²) in [5, 5.41) is 0. The van der Waals surface area contributed by atoms with Crippen LogP contribution >= 0.6 is 0 Å². The van der Waals surface area contributed by atoms with E-state index in [4.69, 9.17) is 0 Å². The first-order chi connectivity index (χ1) is 3.39. The maximum Gasteiger partial charge on any atom is 2.00 e. The molecule has 0 heterocycles. The second-order valence-electron chi connectivity index (χ2n) is 1.22. The molecule has 0 spiro atoms. The Labute approximate surface area is 72.6 Å². The number of halogens is 2. The van der Waals surface area contributed by atoms with E-state index >= 15 is 0 Å². The first-order valence-electron chi connectivity index (χ1n) is 2.01. The maximum absolute atomic E-state index is 11.9. The van der Waals surface area contributed by atoms with Gasteiger partial charge in [0.15, 0.2) is 0 Å². The molecule has 0 unspecified atom stereocenters. The van der Waals surface area contributed by atoms with Crippen molar-refractivity contribution in [2.24, 2.45) is 0 Å². The van der Waals surface area contributed by atoms with Crippen LogP contribution in [0, 0.1) is 11.9 Å². The molecule has 44 valence electrons. The van der Waals surface area contributed by atoms with Gasteiger partial charge >= 0.3 is 19.5 Å². The standard InChI is InChI=1S/C6H4F.ClH.Zn/c7-6-4-2-1-3-5-6;;/h2-5H;1H;/q-1;;+2/p-1. The summed E-state index contributed by atoms with van der Waals surface area (Å²) >= 11 is 0.